The summed E-state index contributed by atoms with van der Waals surface area (Å²) in [6, 6.07) is 7.10. The Labute approximate surface area is 159 Å². The molecule has 0 spiro atoms. The fourth-order valence-electron chi connectivity index (χ4n) is 1.82. The number of alkyl halides is 7. The molecule has 120 valence electrons. The van der Waals surface area contributed by atoms with E-state index in [1.807, 2.05) is 12.1 Å². The minimum Gasteiger partial charge on any atom is -0.396 e. The molecular weight excluding hydrogens is 420 g/mol. The molecule has 0 atom stereocenters. The number of aliphatic hydroxyl groups excluding tert-OH is 1. The quantitative estimate of drug-likeness (QED) is 0.420. The van der Waals surface area contributed by atoms with Gasteiger partial charge in [0.1, 0.15) is 0 Å². The highest BCUT2D eigenvalue weighted by atomic mass is 35.6. The zero-order valence-corrected chi connectivity index (χ0v) is 16.0. The smallest absolute Gasteiger partial charge is 0.226 e. The average molecular weight is 433 g/mol. The van der Waals surface area contributed by atoms with Crippen LogP contribution in [0.25, 0.3) is 0 Å². The molecule has 0 saturated heterocycles. The topological polar surface area (TPSA) is 20.2 Å². The van der Waals surface area contributed by atoms with Crippen LogP contribution in [-0.4, -0.2) is 19.8 Å². The molecule has 0 aliphatic heterocycles. The summed E-state index contributed by atoms with van der Waals surface area (Å²) in [5, 5.41) is 8.86. The molecule has 1 nitrogen and oxygen atoms in total. The maximum atomic E-state index is 8.86. The molecule has 0 bridgehead atoms. The number of rotatable bonds is 6. The summed E-state index contributed by atoms with van der Waals surface area (Å²) in [5.41, 5.74) is 1.30. The van der Waals surface area contributed by atoms with Gasteiger partial charge < -0.3 is 5.11 Å². The van der Waals surface area contributed by atoms with E-state index >= 15 is 0 Å². The van der Waals surface area contributed by atoms with Gasteiger partial charge in [0.2, 0.25) is 8.13 Å². The summed E-state index contributed by atoms with van der Waals surface area (Å²) in [4.78, 5) is 0. The van der Waals surface area contributed by atoms with Crippen molar-refractivity contribution >= 4 is 81.2 Å². The fraction of sp³-hybridized carbons (Fsp3) is 0.538. The molecule has 0 aromatic heterocycles. The molecule has 1 aromatic rings. The zero-order valence-electron chi connectivity index (χ0n) is 10.7. The molecule has 21 heavy (non-hydrogen) atoms. The maximum Gasteiger partial charge on any atom is 0.226 e. The highest BCUT2D eigenvalue weighted by Crippen LogP contribution is 2.61. The first-order chi connectivity index (χ1) is 9.55. The predicted molar refractivity (Wildman–Crippen MR) is 94.6 cm³/mol. The molecule has 0 radical (unpaired) electrons. The van der Waals surface area contributed by atoms with Crippen LogP contribution in [0.15, 0.2) is 24.3 Å². The van der Waals surface area contributed by atoms with E-state index in [-0.39, 0.29) is 6.61 Å². The summed E-state index contributed by atoms with van der Waals surface area (Å²) in [5.74, 6) is 0. The molecule has 0 saturated carbocycles. The zero-order chi connectivity index (χ0) is 16.3. The van der Waals surface area contributed by atoms with Gasteiger partial charge in [-0.3, -0.25) is 0 Å². The van der Waals surface area contributed by atoms with Crippen LogP contribution in [0.1, 0.15) is 24.0 Å². The Kier molecular flexibility index (Phi) is 7.58. The standard InChI is InChI=1S/C13H13Cl7O/c14-11(15,12(16,17)13(18,19)20)10-7-2-1-5-9(10)6-3-4-8-21/h1-2,5,7,21H,3-4,6,8H2. The van der Waals surface area contributed by atoms with Crippen molar-refractivity contribution < 1.29 is 5.11 Å². The third-order valence-electron chi connectivity index (χ3n) is 2.96. The Balaban J connectivity index is 3.19. The monoisotopic (exact) mass is 430 g/mol. The van der Waals surface area contributed by atoms with Crippen LogP contribution in [0, 0.1) is 0 Å². The van der Waals surface area contributed by atoms with Crippen LogP contribution in [0.2, 0.25) is 0 Å². The van der Waals surface area contributed by atoms with Crippen LogP contribution in [0.5, 0.6) is 0 Å². The Morgan fingerprint density at radius 1 is 0.857 bits per heavy atom. The van der Waals surface area contributed by atoms with Crippen molar-refractivity contribution in [1.29, 1.82) is 0 Å². The Hall–Kier alpha value is 1.21. The van der Waals surface area contributed by atoms with Gasteiger partial charge >= 0.3 is 0 Å². The lowest BCUT2D eigenvalue weighted by Crippen LogP contribution is -2.45. The molecule has 8 heteroatoms. The van der Waals surface area contributed by atoms with E-state index in [9.17, 15) is 0 Å². The van der Waals surface area contributed by atoms with Crippen LogP contribution >= 0.6 is 81.2 Å². The molecule has 0 amide bonds. The van der Waals surface area contributed by atoms with Crippen LogP contribution < -0.4 is 0 Å². The van der Waals surface area contributed by atoms with Gasteiger partial charge in [0, 0.05) is 6.61 Å². The van der Waals surface area contributed by atoms with Gasteiger partial charge in [-0.25, -0.2) is 0 Å². The van der Waals surface area contributed by atoms with Crippen molar-refractivity contribution in [2.45, 2.75) is 31.7 Å². The first kappa shape index (κ1) is 20.3. The third-order valence-corrected chi connectivity index (χ3v) is 6.89. The van der Waals surface area contributed by atoms with E-state index in [0.29, 0.717) is 18.4 Å². The second-order valence-electron chi connectivity index (χ2n) is 4.48. The summed E-state index contributed by atoms with van der Waals surface area (Å²) < 4.78 is -5.96. The van der Waals surface area contributed by atoms with Gasteiger partial charge in [0.05, 0.1) is 0 Å². The minimum absolute atomic E-state index is 0.109. The molecule has 0 aliphatic carbocycles. The van der Waals surface area contributed by atoms with Gasteiger partial charge in [-0.1, -0.05) is 105 Å². The number of aryl methyl sites for hydroxylation is 1. The van der Waals surface area contributed by atoms with Gasteiger partial charge in [0.15, 0.2) is 4.33 Å². The first-order valence-electron chi connectivity index (χ1n) is 6.07. The molecule has 0 unspecified atom stereocenters. The molecular formula is C13H13Cl7O. The van der Waals surface area contributed by atoms with E-state index in [0.717, 1.165) is 12.0 Å². The average Bonchev–Trinajstić information content (AvgIpc) is 2.38. The second-order valence-corrected chi connectivity index (χ2v) is 9.42. The lowest BCUT2D eigenvalue weighted by Gasteiger charge is -2.38. The van der Waals surface area contributed by atoms with Crippen molar-refractivity contribution in [3.8, 4) is 0 Å². The number of hydrogen-bond donors (Lipinski definition) is 1. The lowest BCUT2D eigenvalue weighted by atomic mass is 9.97. The normalized spacial score (nSPS) is 13.5. The molecule has 0 aliphatic rings. The van der Waals surface area contributed by atoms with Crippen molar-refractivity contribution in [3.63, 3.8) is 0 Å². The minimum atomic E-state index is -2.09. The fourth-order valence-corrected chi connectivity index (χ4v) is 3.39. The third kappa shape index (κ3) is 4.61. The second kappa shape index (κ2) is 7.85. The summed E-state index contributed by atoms with van der Waals surface area (Å²) in [6.45, 7) is 0.109. The van der Waals surface area contributed by atoms with Gasteiger partial charge in [-0.15, -0.1) is 0 Å². The molecule has 1 aromatic carbocycles. The highest BCUT2D eigenvalue weighted by Gasteiger charge is 2.61. The van der Waals surface area contributed by atoms with E-state index in [2.05, 4.69) is 0 Å². The number of halogens is 7. The SMILES string of the molecule is OCCCCc1ccccc1C(Cl)(Cl)C(Cl)(Cl)C(Cl)(Cl)Cl. The molecule has 0 fully saturated rings. The molecule has 0 heterocycles. The van der Waals surface area contributed by atoms with Crippen LogP contribution in [-0.2, 0) is 10.8 Å². The van der Waals surface area contributed by atoms with Gasteiger partial charge in [-0.05, 0) is 30.4 Å². The maximum absolute atomic E-state index is 8.86. The van der Waals surface area contributed by atoms with E-state index in [1.165, 1.54) is 0 Å². The van der Waals surface area contributed by atoms with Crippen molar-refractivity contribution in [2.24, 2.45) is 0 Å². The molecule has 1 N–H and O–H groups in total. The first-order valence-corrected chi connectivity index (χ1v) is 8.72. The lowest BCUT2D eigenvalue weighted by molar-refractivity contribution is 0.284. The summed E-state index contributed by atoms with van der Waals surface area (Å²) >= 11 is 42.4. The van der Waals surface area contributed by atoms with E-state index < -0.39 is 12.5 Å². The predicted octanol–water partition coefficient (Wildman–Crippen LogP) is 6.18. The largest absolute Gasteiger partial charge is 0.396 e. The van der Waals surface area contributed by atoms with Crippen molar-refractivity contribution in [2.75, 3.05) is 6.61 Å². The van der Waals surface area contributed by atoms with Crippen molar-refractivity contribution in [3.05, 3.63) is 35.4 Å². The van der Waals surface area contributed by atoms with Crippen LogP contribution in [0.3, 0.4) is 0 Å². The van der Waals surface area contributed by atoms with Gasteiger partial charge in [-0.2, -0.15) is 0 Å². The highest BCUT2D eigenvalue weighted by molar-refractivity contribution is 6.78. The van der Waals surface area contributed by atoms with Crippen LogP contribution in [0.4, 0.5) is 0 Å². The number of unbranched alkanes of at least 4 members (excludes halogenated alkanes) is 1. The number of benzene rings is 1. The Bertz CT molecular complexity index is 468. The van der Waals surface area contributed by atoms with Crippen molar-refractivity contribution in [1.82, 2.24) is 0 Å². The van der Waals surface area contributed by atoms with E-state index in [1.54, 1.807) is 12.1 Å². The summed E-state index contributed by atoms with van der Waals surface area (Å²) in [6.07, 6.45) is 2.05. The van der Waals surface area contributed by atoms with Gasteiger partial charge in [0.25, 0.3) is 0 Å². The summed E-state index contributed by atoms with van der Waals surface area (Å²) in [7, 11) is 0. The Morgan fingerprint density at radius 2 is 1.43 bits per heavy atom. The number of hydrogen-bond acceptors (Lipinski definition) is 1. The Morgan fingerprint density at radius 3 is 1.95 bits per heavy atom. The molecule has 1 rings (SSSR count). The van der Waals surface area contributed by atoms with E-state index in [4.69, 9.17) is 86.3 Å². The number of aliphatic hydroxyl groups is 1.